The van der Waals surface area contributed by atoms with Gasteiger partial charge in [0, 0.05) is 6.54 Å². The number of carboxylic acid groups (broad SMARTS) is 1. The lowest BCUT2D eigenvalue weighted by atomic mass is 10.3. The number of nitrogens with zero attached hydrogens (tertiary/aromatic N) is 3. The summed E-state index contributed by atoms with van der Waals surface area (Å²) < 4.78 is 1.72. The number of para-hydroxylation sites is 2. The fraction of sp³-hybridized carbons (Fsp3) is 0.308. The summed E-state index contributed by atoms with van der Waals surface area (Å²) in [5, 5.41) is 8.75. The van der Waals surface area contributed by atoms with E-state index in [2.05, 4.69) is 4.98 Å². The summed E-state index contributed by atoms with van der Waals surface area (Å²) in [5.74, 6) is -1.24. The number of amides is 1. The Morgan fingerprint density at radius 3 is 2.79 bits per heavy atom. The quantitative estimate of drug-likeness (QED) is 0.870. The number of carboxylic acids is 1. The molecule has 0 aliphatic carbocycles. The van der Waals surface area contributed by atoms with Crippen LogP contribution in [0.5, 0.6) is 0 Å². The van der Waals surface area contributed by atoms with Gasteiger partial charge in [0.2, 0.25) is 5.91 Å². The minimum Gasteiger partial charge on any atom is -0.480 e. The first-order valence-electron chi connectivity index (χ1n) is 6.01. The number of carbonyl (C=O) groups is 2. The zero-order chi connectivity index (χ0) is 13.8. The molecule has 0 atom stereocenters. The van der Waals surface area contributed by atoms with Crippen LogP contribution in [0.4, 0.5) is 0 Å². The first kappa shape index (κ1) is 13.1. The largest absolute Gasteiger partial charge is 0.480 e. The van der Waals surface area contributed by atoms with Gasteiger partial charge in [-0.1, -0.05) is 12.1 Å². The van der Waals surface area contributed by atoms with Gasteiger partial charge in [-0.3, -0.25) is 9.59 Å². The molecule has 0 radical (unpaired) electrons. The second-order valence-corrected chi connectivity index (χ2v) is 4.16. The molecule has 6 nitrogen and oxygen atoms in total. The monoisotopic (exact) mass is 261 g/mol. The molecule has 2 rings (SSSR count). The minimum absolute atomic E-state index is 0.0988. The molecule has 0 aliphatic rings. The van der Waals surface area contributed by atoms with Crippen LogP contribution in [0.25, 0.3) is 11.0 Å². The van der Waals surface area contributed by atoms with Crippen LogP contribution in [0, 0.1) is 0 Å². The second kappa shape index (κ2) is 5.51. The lowest BCUT2D eigenvalue weighted by Crippen LogP contribution is -2.37. The molecule has 1 heterocycles. The van der Waals surface area contributed by atoms with E-state index in [9.17, 15) is 9.59 Å². The van der Waals surface area contributed by atoms with Crippen molar-refractivity contribution in [2.24, 2.45) is 0 Å². The number of aliphatic carboxylic acids is 1. The Kier molecular flexibility index (Phi) is 3.79. The van der Waals surface area contributed by atoms with Crippen molar-refractivity contribution >= 4 is 22.9 Å². The Balaban J connectivity index is 2.16. The van der Waals surface area contributed by atoms with Crippen LogP contribution < -0.4 is 0 Å². The van der Waals surface area contributed by atoms with Gasteiger partial charge in [0.05, 0.1) is 17.4 Å². The standard InChI is InChI=1S/C13H15N3O3/c1-2-15(8-13(18)19)12(17)7-16-9-14-10-5-3-4-6-11(10)16/h3-6,9H,2,7-8H2,1H3,(H,18,19). The highest BCUT2D eigenvalue weighted by molar-refractivity contribution is 5.83. The minimum atomic E-state index is -1.01. The molecule has 1 aromatic carbocycles. The Morgan fingerprint density at radius 2 is 2.11 bits per heavy atom. The molecule has 1 amide bonds. The molecule has 100 valence electrons. The summed E-state index contributed by atoms with van der Waals surface area (Å²) in [5.41, 5.74) is 1.68. The van der Waals surface area contributed by atoms with Crippen LogP contribution >= 0.6 is 0 Å². The second-order valence-electron chi connectivity index (χ2n) is 4.16. The molecule has 0 saturated carbocycles. The van der Waals surface area contributed by atoms with Gasteiger partial charge >= 0.3 is 5.97 Å². The normalized spacial score (nSPS) is 10.6. The molecular formula is C13H15N3O3. The van der Waals surface area contributed by atoms with Gasteiger partial charge in [-0.15, -0.1) is 0 Å². The van der Waals surface area contributed by atoms with E-state index in [-0.39, 0.29) is 19.0 Å². The van der Waals surface area contributed by atoms with Crippen molar-refractivity contribution in [2.45, 2.75) is 13.5 Å². The van der Waals surface area contributed by atoms with Crippen molar-refractivity contribution in [1.82, 2.24) is 14.5 Å². The fourth-order valence-electron chi connectivity index (χ4n) is 1.92. The molecule has 0 bridgehead atoms. The zero-order valence-corrected chi connectivity index (χ0v) is 10.6. The maximum Gasteiger partial charge on any atom is 0.323 e. The van der Waals surface area contributed by atoms with Crippen molar-refractivity contribution in [2.75, 3.05) is 13.1 Å². The third-order valence-corrected chi connectivity index (χ3v) is 2.89. The van der Waals surface area contributed by atoms with E-state index < -0.39 is 5.97 Å². The Morgan fingerprint density at radius 1 is 1.37 bits per heavy atom. The van der Waals surface area contributed by atoms with E-state index in [0.29, 0.717) is 6.54 Å². The number of imidazole rings is 1. The number of hydrogen-bond acceptors (Lipinski definition) is 3. The maximum absolute atomic E-state index is 12.0. The lowest BCUT2D eigenvalue weighted by Gasteiger charge is -2.18. The predicted octanol–water partition coefficient (Wildman–Crippen LogP) is 0.969. The average molecular weight is 261 g/mol. The summed E-state index contributed by atoms with van der Waals surface area (Å²) in [6, 6.07) is 7.50. The molecule has 0 spiro atoms. The summed E-state index contributed by atoms with van der Waals surface area (Å²) in [4.78, 5) is 28.2. The number of hydrogen-bond donors (Lipinski definition) is 1. The molecule has 0 aliphatic heterocycles. The maximum atomic E-state index is 12.0. The van der Waals surface area contributed by atoms with E-state index in [1.807, 2.05) is 24.3 Å². The number of benzene rings is 1. The summed E-state index contributed by atoms with van der Waals surface area (Å²) >= 11 is 0. The predicted molar refractivity (Wildman–Crippen MR) is 69.6 cm³/mol. The van der Waals surface area contributed by atoms with Crippen molar-refractivity contribution in [3.8, 4) is 0 Å². The Bertz CT molecular complexity index is 606. The zero-order valence-electron chi connectivity index (χ0n) is 10.6. The fourth-order valence-corrected chi connectivity index (χ4v) is 1.92. The average Bonchev–Trinajstić information content (AvgIpc) is 2.79. The van der Waals surface area contributed by atoms with Gasteiger partial charge < -0.3 is 14.6 Å². The van der Waals surface area contributed by atoms with Crippen LogP contribution in [0.1, 0.15) is 6.92 Å². The topological polar surface area (TPSA) is 75.4 Å². The first-order valence-corrected chi connectivity index (χ1v) is 6.01. The number of fused-ring (bicyclic) bond motifs is 1. The Hall–Kier alpha value is -2.37. The van der Waals surface area contributed by atoms with Crippen molar-refractivity contribution in [1.29, 1.82) is 0 Å². The van der Waals surface area contributed by atoms with E-state index >= 15 is 0 Å². The van der Waals surface area contributed by atoms with Crippen LogP contribution in [-0.4, -0.2) is 44.5 Å². The molecule has 0 saturated heterocycles. The van der Waals surface area contributed by atoms with Crippen LogP contribution in [0.15, 0.2) is 30.6 Å². The summed E-state index contributed by atoms with van der Waals surface area (Å²) in [6.07, 6.45) is 1.59. The SMILES string of the molecule is CCN(CC(=O)O)C(=O)Cn1cnc2ccccc21. The number of carbonyl (C=O) groups excluding carboxylic acids is 1. The summed E-state index contributed by atoms with van der Waals surface area (Å²) in [7, 11) is 0. The molecule has 6 heteroatoms. The molecule has 0 unspecified atom stereocenters. The molecular weight excluding hydrogens is 246 g/mol. The Labute approximate surface area is 110 Å². The highest BCUT2D eigenvalue weighted by Crippen LogP contribution is 2.11. The molecule has 0 fully saturated rings. The third-order valence-electron chi connectivity index (χ3n) is 2.89. The molecule has 1 aromatic heterocycles. The summed E-state index contributed by atoms with van der Waals surface area (Å²) in [6.45, 7) is 1.95. The highest BCUT2D eigenvalue weighted by atomic mass is 16.4. The van der Waals surface area contributed by atoms with Crippen LogP contribution in [-0.2, 0) is 16.1 Å². The number of rotatable bonds is 5. The van der Waals surface area contributed by atoms with Crippen LogP contribution in [0.2, 0.25) is 0 Å². The van der Waals surface area contributed by atoms with E-state index in [0.717, 1.165) is 11.0 Å². The van der Waals surface area contributed by atoms with Gasteiger partial charge in [0.15, 0.2) is 0 Å². The molecule has 19 heavy (non-hydrogen) atoms. The van der Waals surface area contributed by atoms with E-state index in [1.54, 1.807) is 17.8 Å². The van der Waals surface area contributed by atoms with Gasteiger partial charge in [0.25, 0.3) is 0 Å². The first-order chi connectivity index (χ1) is 9.11. The van der Waals surface area contributed by atoms with Gasteiger partial charge in [0.1, 0.15) is 13.1 Å². The molecule has 2 aromatic rings. The van der Waals surface area contributed by atoms with E-state index in [1.165, 1.54) is 4.90 Å². The van der Waals surface area contributed by atoms with Gasteiger partial charge in [-0.2, -0.15) is 0 Å². The number of aromatic nitrogens is 2. The van der Waals surface area contributed by atoms with E-state index in [4.69, 9.17) is 5.11 Å². The lowest BCUT2D eigenvalue weighted by molar-refractivity contribution is -0.144. The van der Waals surface area contributed by atoms with Crippen molar-refractivity contribution in [3.05, 3.63) is 30.6 Å². The highest BCUT2D eigenvalue weighted by Gasteiger charge is 2.16. The van der Waals surface area contributed by atoms with Gasteiger partial charge in [-0.05, 0) is 19.1 Å². The number of likely N-dealkylation sites (N-methyl/N-ethyl adjacent to an activating group) is 1. The molecule has 1 N–H and O–H groups in total. The van der Waals surface area contributed by atoms with Crippen molar-refractivity contribution in [3.63, 3.8) is 0 Å². The third kappa shape index (κ3) is 2.90. The van der Waals surface area contributed by atoms with Crippen LogP contribution in [0.3, 0.4) is 0 Å². The van der Waals surface area contributed by atoms with Gasteiger partial charge in [-0.25, -0.2) is 4.98 Å². The smallest absolute Gasteiger partial charge is 0.323 e. The van der Waals surface area contributed by atoms with Crippen molar-refractivity contribution < 1.29 is 14.7 Å².